The fourth-order valence-electron chi connectivity index (χ4n) is 2.09. The molecule has 1 heterocycles. The fraction of sp³-hybridized carbons (Fsp3) is 0.462. The van der Waals surface area contributed by atoms with Crippen molar-refractivity contribution in [2.45, 2.75) is 6.23 Å². The number of nitrogens with zero attached hydrogens (tertiary/aromatic N) is 2. The first-order valence-corrected chi connectivity index (χ1v) is 5.77. The maximum absolute atomic E-state index is 11.6. The number of methoxy groups -OCH3 is 1. The van der Waals surface area contributed by atoms with Crippen LogP contribution in [0.5, 0.6) is 5.75 Å². The fourth-order valence-corrected chi connectivity index (χ4v) is 2.09. The van der Waals surface area contributed by atoms with Gasteiger partial charge in [0, 0.05) is 14.2 Å². The van der Waals surface area contributed by atoms with Gasteiger partial charge in [-0.15, -0.1) is 0 Å². The monoisotopic (exact) mass is 250 g/mol. The van der Waals surface area contributed by atoms with Crippen LogP contribution in [0.2, 0.25) is 0 Å². The van der Waals surface area contributed by atoms with Crippen molar-refractivity contribution in [2.75, 3.05) is 39.8 Å². The van der Waals surface area contributed by atoms with E-state index in [0.29, 0.717) is 0 Å². The van der Waals surface area contributed by atoms with E-state index in [2.05, 4.69) is 0 Å². The molecule has 1 unspecified atom stereocenters. The Labute approximate surface area is 107 Å². The largest absolute Gasteiger partial charge is 0.482 e. The molecular formula is C13H18N2O3. The molecule has 1 amide bonds. The minimum Gasteiger partial charge on any atom is -0.482 e. The average Bonchev–Trinajstić information content (AvgIpc) is 2.35. The summed E-state index contributed by atoms with van der Waals surface area (Å²) in [6.07, 6.45) is -0.138. The van der Waals surface area contributed by atoms with Crippen molar-refractivity contribution in [3.63, 3.8) is 0 Å². The second kappa shape index (κ2) is 4.96. The molecule has 1 aliphatic heterocycles. The quantitative estimate of drug-likeness (QED) is 0.757. The zero-order valence-corrected chi connectivity index (χ0v) is 11.1. The van der Waals surface area contributed by atoms with E-state index in [9.17, 15) is 4.79 Å². The molecule has 0 aliphatic carbocycles. The summed E-state index contributed by atoms with van der Waals surface area (Å²) in [5, 5.41) is 0. The highest BCUT2D eigenvalue weighted by atomic mass is 16.5. The van der Waals surface area contributed by atoms with Crippen molar-refractivity contribution >= 4 is 11.6 Å². The van der Waals surface area contributed by atoms with Crippen molar-refractivity contribution in [2.24, 2.45) is 0 Å². The Morgan fingerprint density at radius 2 is 2.17 bits per heavy atom. The summed E-state index contributed by atoms with van der Waals surface area (Å²) in [5.41, 5.74) is 1.78. The second-order valence-electron chi connectivity index (χ2n) is 4.52. The summed E-state index contributed by atoms with van der Waals surface area (Å²) in [7, 11) is 7.30. The first kappa shape index (κ1) is 12.9. The highest BCUT2D eigenvalue weighted by Crippen LogP contribution is 2.34. The molecule has 98 valence electrons. The minimum atomic E-state index is -0.138. The van der Waals surface area contributed by atoms with Crippen molar-refractivity contribution in [3.8, 4) is 5.75 Å². The van der Waals surface area contributed by atoms with E-state index in [1.807, 2.05) is 37.2 Å². The van der Waals surface area contributed by atoms with Crippen molar-refractivity contribution < 1.29 is 14.3 Å². The molecule has 2 rings (SSSR count). The van der Waals surface area contributed by atoms with Crippen LogP contribution in [0.3, 0.4) is 0 Å². The molecule has 0 bridgehead atoms. The van der Waals surface area contributed by atoms with Crippen LogP contribution in [-0.2, 0) is 9.53 Å². The van der Waals surface area contributed by atoms with Crippen LogP contribution < -0.4 is 9.64 Å². The lowest BCUT2D eigenvalue weighted by atomic mass is 10.1. The Morgan fingerprint density at radius 3 is 2.78 bits per heavy atom. The van der Waals surface area contributed by atoms with E-state index in [0.717, 1.165) is 17.0 Å². The van der Waals surface area contributed by atoms with Gasteiger partial charge < -0.3 is 14.4 Å². The number of anilines is 1. The van der Waals surface area contributed by atoms with Crippen LogP contribution in [-0.4, -0.2) is 45.7 Å². The highest BCUT2D eigenvalue weighted by molar-refractivity contribution is 5.97. The van der Waals surface area contributed by atoms with Gasteiger partial charge in [-0.2, -0.15) is 0 Å². The number of fused-ring (bicyclic) bond motifs is 1. The third-order valence-corrected chi connectivity index (χ3v) is 3.05. The third-order valence-electron chi connectivity index (χ3n) is 3.05. The number of carbonyl (C=O) groups excluding carboxylic acids is 1. The Hall–Kier alpha value is -1.59. The molecule has 0 saturated carbocycles. The lowest BCUT2D eigenvalue weighted by Gasteiger charge is -2.29. The molecule has 0 fully saturated rings. The number of rotatable bonds is 3. The molecule has 0 spiro atoms. The molecular weight excluding hydrogens is 232 g/mol. The number of likely N-dealkylation sites (N-methyl/N-ethyl adjacent to an activating group) is 1. The summed E-state index contributed by atoms with van der Waals surface area (Å²) in [6, 6.07) is 5.76. The van der Waals surface area contributed by atoms with Gasteiger partial charge >= 0.3 is 0 Å². The van der Waals surface area contributed by atoms with Gasteiger partial charge in [-0.3, -0.25) is 9.69 Å². The number of hydrogen-bond donors (Lipinski definition) is 0. The van der Waals surface area contributed by atoms with E-state index < -0.39 is 0 Å². The van der Waals surface area contributed by atoms with Crippen LogP contribution >= 0.6 is 0 Å². The molecule has 18 heavy (non-hydrogen) atoms. The zero-order chi connectivity index (χ0) is 13.3. The number of ether oxygens (including phenoxy) is 2. The smallest absolute Gasteiger partial charge is 0.264 e. The summed E-state index contributed by atoms with van der Waals surface area (Å²) in [6.45, 7) is 0.101. The summed E-state index contributed by atoms with van der Waals surface area (Å²) < 4.78 is 10.8. The van der Waals surface area contributed by atoms with Gasteiger partial charge in [0.15, 0.2) is 6.61 Å². The van der Waals surface area contributed by atoms with E-state index in [1.54, 1.807) is 19.1 Å². The Balaban J connectivity index is 2.39. The van der Waals surface area contributed by atoms with Crippen LogP contribution in [0, 0.1) is 0 Å². The second-order valence-corrected chi connectivity index (χ2v) is 4.52. The molecule has 1 aromatic rings. The summed E-state index contributed by atoms with van der Waals surface area (Å²) >= 11 is 0. The van der Waals surface area contributed by atoms with E-state index in [-0.39, 0.29) is 18.7 Å². The molecule has 0 radical (unpaired) electrons. The summed E-state index contributed by atoms with van der Waals surface area (Å²) in [5.74, 6) is 0.688. The van der Waals surface area contributed by atoms with Crippen molar-refractivity contribution in [3.05, 3.63) is 23.8 Å². The lowest BCUT2D eigenvalue weighted by Crippen LogP contribution is -2.35. The van der Waals surface area contributed by atoms with Crippen LogP contribution in [0.4, 0.5) is 5.69 Å². The number of hydrogen-bond acceptors (Lipinski definition) is 4. The zero-order valence-electron chi connectivity index (χ0n) is 11.1. The minimum absolute atomic E-state index is 0.0431. The Kier molecular flexibility index (Phi) is 3.54. The summed E-state index contributed by atoms with van der Waals surface area (Å²) in [4.78, 5) is 15.2. The first-order chi connectivity index (χ1) is 8.54. The van der Waals surface area contributed by atoms with Gasteiger partial charge in [-0.05, 0) is 31.8 Å². The van der Waals surface area contributed by atoms with Gasteiger partial charge in [0.1, 0.15) is 12.0 Å². The molecule has 5 heteroatoms. The number of carbonyl (C=O) groups is 1. The third kappa shape index (κ3) is 2.19. The molecule has 0 saturated heterocycles. The van der Waals surface area contributed by atoms with E-state index in [4.69, 9.17) is 9.47 Å². The van der Waals surface area contributed by atoms with Crippen molar-refractivity contribution in [1.82, 2.24) is 4.90 Å². The topological polar surface area (TPSA) is 42.0 Å². The molecule has 1 aliphatic rings. The van der Waals surface area contributed by atoms with Gasteiger partial charge in [0.05, 0.1) is 5.69 Å². The van der Waals surface area contributed by atoms with Crippen LogP contribution in [0.25, 0.3) is 0 Å². The molecule has 0 N–H and O–H groups in total. The van der Waals surface area contributed by atoms with Crippen molar-refractivity contribution in [1.29, 1.82) is 0 Å². The van der Waals surface area contributed by atoms with E-state index >= 15 is 0 Å². The van der Waals surface area contributed by atoms with Gasteiger partial charge in [0.2, 0.25) is 0 Å². The number of amides is 1. The predicted molar refractivity (Wildman–Crippen MR) is 68.8 cm³/mol. The van der Waals surface area contributed by atoms with Gasteiger partial charge in [0.25, 0.3) is 5.91 Å². The average molecular weight is 250 g/mol. The van der Waals surface area contributed by atoms with Crippen LogP contribution in [0.1, 0.15) is 11.8 Å². The Morgan fingerprint density at radius 1 is 1.44 bits per heavy atom. The SMILES string of the molecule is COC(c1ccc2c(c1)N(C)C(=O)CO2)N(C)C. The normalized spacial score (nSPS) is 16.5. The first-order valence-electron chi connectivity index (χ1n) is 5.77. The maximum atomic E-state index is 11.6. The lowest BCUT2D eigenvalue weighted by molar-refractivity contribution is -0.120. The molecule has 5 nitrogen and oxygen atoms in total. The number of benzene rings is 1. The standard InChI is InChI=1S/C13H18N2O3/c1-14(2)13(17-4)9-5-6-11-10(7-9)15(3)12(16)8-18-11/h5-7,13H,8H2,1-4H3. The maximum Gasteiger partial charge on any atom is 0.264 e. The predicted octanol–water partition coefficient (Wildman–Crippen LogP) is 1.25. The molecule has 0 aromatic heterocycles. The van der Waals surface area contributed by atoms with E-state index in [1.165, 1.54) is 0 Å². The van der Waals surface area contributed by atoms with Crippen LogP contribution in [0.15, 0.2) is 18.2 Å². The Bertz CT molecular complexity index is 460. The van der Waals surface area contributed by atoms with Gasteiger partial charge in [-0.25, -0.2) is 0 Å². The van der Waals surface area contributed by atoms with Gasteiger partial charge in [-0.1, -0.05) is 6.07 Å². The molecule has 1 aromatic carbocycles. The highest BCUT2D eigenvalue weighted by Gasteiger charge is 2.24. The molecule has 1 atom stereocenters.